The van der Waals surface area contributed by atoms with Crippen LogP contribution in [-0.2, 0) is 11.3 Å². The van der Waals surface area contributed by atoms with Crippen molar-refractivity contribution in [2.24, 2.45) is 0 Å². The first-order chi connectivity index (χ1) is 8.31. The number of amides is 1. The van der Waals surface area contributed by atoms with E-state index in [1.165, 1.54) is 12.8 Å². The number of pyridine rings is 1. The molecule has 4 heteroatoms. The van der Waals surface area contributed by atoms with Gasteiger partial charge in [-0.05, 0) is 18.6 Å². The van der Waals surface area contributed by atoms with Crippen LogP contribution in [0.25, 0.3) is 0 Å². The zero-order valence-electron chi connectivity index (χ0n) is 10.1. The number of hydrogen-bond acceptors (Lipinski definition) is 3. The fourth-order valence-electron chi connectivity index (χ4n) is 1.98. The number of nitrogens with zero attached hydrogens (tertiary/aromatic N) is 2. The Morgan fingerprint density at radius 3 is 3.12 bits per heavy atom. The molecule has 1 aromatic heterocycles. The Balaban J connectivity index is 1.99. The Hall–Kier alpha value is -1.03. The lowest BCUT2D eigenvalue weighted by Crippen LogP contribution is -2.32. The van der Waals surface area contributed by atoms with Crippen molar-refractivity contribution < 1.29 is 4.79 Å². The van der Waals surface area contributed by atoms with Gasteiger partial charge in [-0.1, -0.05) is 25.8 Å². The highest BCUT2D eigenvalue weighted by molar-refractivity contribution is 8.00. The highest BCUT2D eigenvalue weighted by Gasteiger charge is 2.30. The molecule has 3 nitrogen and oxygen atoms in total. The van der Waals surface area contributed by atoms with Crippen molar-refractivity contribution in [3.63, 3.8) is 0 Å². The Morgan fingerprint density at radius 1 is 1.53 bits per heavy atom. The average molecular weight is 250 g/mol. The van der Waals surface area contributed by atoms with Crippen LogP contribution < -0.4 is 0 Å². The molecule has 1 aliphatic heterocycles. The largest absolute Gasteiger partial charge is 0.324 e. The van der Waals surface area contributed by atoms with Crippen LogP contribution in [0.5, 0.6) is 0 Å². The minimum atomic E-state index is 0.252. The Labute approximate surface area is 107 Å². The van der Waals surface area contributed by atoms with Gasteiger partial charge in [0.15, 0.2) is 0 Å². The summed E-state index contributed by atoms with van der Waals surface area (Å²) in [5, 5.41) is 0.351. The fraction of sp³-hybridized carbons (Fsp3) is 0.538. The summed E-state index contributed by atoms with van der Waals surface area (Å²) < 4.78 is 0. The van der Waals surface area contributed by atoms with E-state index >= 15 is 0 Å². The molecule has 1 atom stereocenters. The zero-order chi connectivity index (χ0) is 12.1. The van der Waals surface area contributed by atoms with Crippen molar-refractivity contribution in [1.29, 1.82) is 0 Å². The monoisotopic (exact) mass is 250 g/mol. The van der Waals surface area contributed by atoms with Crippen molar-refractivity contribution in [1.82, 2.24) is 9.88 Å². The number of carbonyl (C=O) groups excluding carboxylic acids is 1. The normalized spacial score (nSPS) is 19.9. The topological polar surface area (TPSA) is 33.2 Å². The van der Waals surface area contributed by atoms with Gasteiger partial charge < -0.3 is 4.90 Å². The number of aromatic nitrogens is 1. The standard InChI is InChI=1S/C13H18N2OS/c1-2-3-7-13-15(12(16)10-17-13)9-11-6-4-5-8-14-11/h4-6,8,13H,2-3,7,9-10H2,1H3. The van der Waals surface area contributed by atoms with Gasteiger partial charge in [0.25, 0.3) is 0 Å². The van der Waals surface area contributed by atoms with Gasteiger partial charge in [0.2, 0.25) is 5.91 Å². The van der Waals surface area contributed by atoms with E-state index in [1.807, 2.05) is 23.1 Å². The minimum absolute atomic E-state index is 0.252. The second kappa shape index (κ2) is 6.05. The van der Waals surface area contributed by atoms with Gasteiger partial charge in [0.1, 0.15) is 0 Å². The highest BCUT2D eigenvalue weighted by atomic mass is 32.2. The summed E-state index contributed by atoms with van der Waals surface area (Å²) in [6, 6.07) is 5.85. The molecule has 1 fully saturated rings. The maximum Gasteiger partial charge on any atom is 0.233 e. The molecule has 0 saturated carbocycles. The number of thioether (sulfide) groups is 1. The summed E-state index contributed by atoms with van der Waals surface area (Å²) in [4.78, 5) is 18.1. The minimum Gasteiger partial charge on any atom is -0.324 e. The Morgan fingerprint density at radius 2 is 2.41 bits per heavy atom. The fourth-order valence-corrected chi connectivity index (χ4v) is 3.18. The number of unbranched alkanes of at least 4 members (excludes halogenated alkanes) is 1. The van der Waals surface area contributed by atoms with Gasteiger partial charge in [-0.3, -0.25) is 9.78 Å². The van der Waals surface area contributed by atoms with Crippen LogP contribution in [0.1, 0.15) is 31.9 Å². The van der Waals surface area contributed by atoms with Crippen molar-refractivity contribution in [2.75, 3.05) is 5.75 Å². The molecule has 0 aliphatic carbocycles. The van der Waals surface area contributed by atoms with Gasteiger partial charge in [-0.2, -0.15) is 0 Å². The van der Waals surface area contributed by atoms with Crippen LogP contribution in [0, 0.1) is 0 Å². The molecule has 1 unspecified atom stereocenters. The van der Waals surface area contributed by atoms with Crippen LogP contribution in [0.15, 0.2) is 24.4 Å². The third-order valence-corrected chi connectivity index (χ3v) is 4.22. The molecule has 0 aromatic carbocycles. The molecule has 1 amide bonds. The molecule has 0 radical (unpaired) electrons. The van der Waals surface area contributed by atoms with Crippen LogP contribution >= 0.6 is 11.8 Å². The molecule has 0 N–H and O–H groups in total. The lowest BCUT2D eigenvalue weighted by molar-refractivity contribution is -0.128. The van der Waals surface area contributed by atoms with Gasteiger partial charge in [0.05, 0.1) is 23.4 Å². The molecule has 1 saturated heterocycles. The molecule has 17 heavy (non-hydrogen) atoms. The van der Waals surface area contributed by atoms with E-state index in [1.54, 1.807) is 18.0 Å². The summed E-state index contributed by atoms with van der Waals surface area (Å²) >= 11 is 1.77. The van der Waals surface area contributed by atoms with Gasteiger partial charge >= 0.3 is 0 Å². The van der Waals surface area contributed by atoms with Gasteiger partial charge in [-0.25, -0.2) is 0 Å². The van der Waals surface area contributed by atoms with Crippen molar-refractivity contribution >= 4 is 17.7 Å². The lowest BCUT2D eigenvalue weighted by Gasteiger charge is -2.23. The average Bonchev–Trinajstić information content (AvgIpc) is 2.70. The predicted molar refractivity (Wildman–Crippen MR) is 70.6 cm³/mol. The smallest absolute Gasteiger partial charge is 0.233 e. The van der Waals surface area contributed by atoms with Crippen molar-refractivity contribution in [2.45, 2.75) is 38.1 Å². The van der Waals surface area contributed by atoms with E-state index in [9.17, 15) is 4.79 Å². The third kappa shape index (κ3) is 3.22. The second-order valence-corrected chi connectivity index (χ2v) is 5.42. The maximum atomic E-state index is 11.8. The number of carbonyl (C=O) groups is 1. The van der Waals surface area contributed by atoms with Crippen LogP contribution in [0.4, 0.5) is 0 Å². The molecular formula is C13H18N2OS. The first kappa shape index (κ1) is 12.4. The van der Waals surface area contributed by atoms with Gasteiger partial charge in [-0.15, -0.1) is 11.8 Å². The first-order valence-corrected chi connectivity index (χ1v) is 7.17. The number of rotatable bonds is 5. The summed E-state index contributed by atoms with van der Waals surface area (Å²) in [6.45, 7) is 2.84. The molecule has 1 aliphatic rings. The number of hydrogen-bond donors (Lipinski definition) is 0. The first-order valence-electron chi connectivity index (χ1n) is 6.12. The van der Waals surface area contributed by atoms with E-state index in [4.69, 9.17) is 0 Å². The van der Waals surface area contributed by atoms with E-state index in [0.29, 0.717) is 17.7 Å². The van der Waals surface area contributed by atoms with E-state index in [2.05, 4.69) is 11.9 Å². The Kier molecular flexibility index (Phi) is 4.42. The van der Waals surface area contributed by atoms with E-state index < -0.39 is 0 Å². The molecule has 0 spiro atoms. The van der Waals surface area contributed by atoms with E-state index in [-0.39, 0.29) is 5.91 Å². The summed E-state index contributed by atoms with van der Waals surface area (Å²) in [6.07, 6.45) is 5.25. The lowest BCUT2D eigenvalue weighted by atomic mass is 10.2. The van der Waals surface area contributed by atoms with Crippen LogP contribution in [0.2, 0.25) is 0 Å². The third-order valence-electron chi connectivity index (χ3n) is 2.93. The summed E-state index contributed by atoms with van der Waals surface area (Å²) in [5.41, 5.74) is 0.977. The van der Waals surface area contributed by atoms with E-state index in [0.717, 1.165) is 12.1 Å². The molecule has 1 aromatic rings. The van der Waals surface area contributed by atoms with Crippen molar-refractivity contribution in [3.05, 3.63) is 30.1 Å². The molecule has 2 rings (SSSR count). The zero-order valence-corrected chi connectivity index (χ0v) is 10.9. The summed E-state index contributed by atoms with van der Waals surface area (Å²) in [7, 11) is 0. The van der Waals surface area contributed by atoms with Gasteiger partial charge in [0, 0.05) is 6.20 Å². The predicted octanol–water partition coefficient (Wildman–Crippen LogP) is 2.67. The SMILES string of the molecule is CCCCC1SCC(=O)N1Cc1ccccn1. The molecule has 2 heterocycles. The molecule has 92 valence electrons. The molecular weight excluding hydrogens is 232 g/mol. The molecule has 0 bridgehead atoms. The highest BCUT2D eigenvalue weighted by Crippen LogP contribution is 2.29. The summed E-state index contributed by atoms with van der Waals surface area (Å²) in [5.74, 6) is 0.878. The van der Waals surface area contributed by atoms with Crippen LogP contribution in [-0.4, -0.2) is 26.9 Å². The van der Waals surface area contributed by atoms with Crippen molar-refractivity contribution in [3.8, 4) is 0 Å². The van der Waals surface area contributed by atoms with Crippen LogP contribution in [0.3, 0.4) is 0 Å². The Bertz CT molecular complexity index is 369. The maximum absolute atomic E-state index is 11.8. The quantitative estimate of drug-likeness (QED) is 0.805. The second-order valence-electron chi connectivity index (χ2n) is 4.25.